The number of carbonyl (C=O) groups excluding carboxylic acids is 1. The Morgan fingerprint density at radius 3 is 2.81 bits per heavy atom. The van der Waals surface area contributed by atoms with Gasteiger partial charge in [-0.1, -0.05) is 0 Å². The van der Waals surface area contributed by atoms with E-state index in [2.05, 4.69) is 15.6 Å². The first-order valence-corrected chi connectivity index (χ1v) is 5.65. The third-order valence-electron chi connectivity index (χ3n) is 1.81. The third-order valence-corrected chi connectivity index (χ3v) is 2.58. The van der Waals surface area contributed by atoms with E-state index in [1.807, 2.05) is 6.92 Å². The molecular weight excluding hydrogens is 230 g/mol. The lowest BCUT2D eigenvalue weighted by Gasteiger charge is -2.11. The van der Waals surface area contributed by atoms with Gasteiger partial charge in [0.1, 0.15) is 6.04 Å². The van der Waals surface area contributed by atoms with E-state index in [4.69, 9.17) is 5.11 Å². The molecule has 0 fully saturated rings. The summed E-state index contributed by atoms with van der Waals surface area (Å²) in [6.45, 7) is 4.08. The van der Waals surface area contributed by atoms with Crippen LogP contribution in [0.4, 0.5) is 5.13 Å². The lowest BCUT2D eigenvalue weighted by Crippen LogP contribution is -2.37. The number of amides is 1. The van der Waals surface area contributed by atoms with Crippen LogP contribution in [-0.2, 0) is 4.79 Å². The average Bonchev–Trinajstić information content (AvgIpc) is 2.66. The fraction of sp³-hybridized carbons (Fsp3) is 0.444. The maximum atomic E-state index is 11.4. The molecule has 0 saturated carbocycles. The van der Waals surface area contributed by atoms with E-state index in [1.165, 1.54) is 5.38 Å². The summed E-state index contributed by atoms with van der Waals surface area (Å²) < 4.78 is 0. The summed E-state index contributed by atoms with van der Waals surface area (Å²) in [6.07, 6.45) is 0. The van der Waals surface area contributed by atoms with Crippen LogP contribution in [0.1, 0.15) is 24.3 Å². The number of aromatic nitrogens is 1. The molecule has 88 valence electrons. The summed E-state index contributed by atoms with van der Waals surface area (Å²) in [7, 11) is 0. The zero-order valence-electron chi connectivity index (χ0n) is 8.98. The molecule has 6 nitrogen and oxygen atoms in total. The summed E-state index contributed by atoms with van der Waals surface area (Å²) in [6, 6.07) is -0.437. The molecule has 0 aliphatic carbocycles. The highest BCUT2D eigenvalue weighted by atomic mass is 32.1. The van der Waals surface area contributed by atoms with Crippen LogP contribution in [0, 0.1) is 0 Å². The van der Waals surface area contributed by atoms with Gasteiger partial charge in [-0.15, -0.1) is 11.3 Å². The zero-order chi connectivity index (χ0) is 12.1. The molecule has 0 aliphatic heterocycles. The normalized spacial score (nSPS) is 11.9. The maximum absolute atomic E-state index is 11.4. The summed E-state index contributed by atoms with van der Waals surface area (Å²) in [4.78, 5) is 25.8. The number of likely N-dealkylation sites (N-methyl/N-ethyl adjacent to an activating group) is 1. The van der Waals surface area contributed by atoms with E-state index in [0.717, 1.165) is 11.3 Å². The van der Waals surface area contributed by atoms with Crippen molar-refractivity contribution in [3.8, 4) is 0 Å². The van der Waals surface area contributed by atoms with Gasteiger partial charge in [0.15, 0.2) is 10.8 Å². The first-order valence-electron chi connectivity index (χ1n) is 4.77. The van der Waals surface area contributed by atoms with E-state index >= 15 is 0 Å². The SMILES string of the molecule is CCNC(=O)C(C)Nc1nc(C(=O)O)cs1. The zero-order valence-corrected chi connectivity index (χ0v) is 9.80. The molecule has 1 aromatic heterocycles. The molecule has 1 rings (SSSR count). The van der Waals surface area contributed by atoms with Crippen LogP contribution in [0.25, 0.3) is 0 Å². The Bertz CT molecular complexity index is 391. The highest BCUT2D eigenvalue weighted by Crippen LogP contribution is 2.16. The third kappa shape index (κ3) is 3.20. The summed E-state index contributed by atoms with van der Waals surface area (Å²) in [5.41, 5.74) is -0.0180. The van der Waals surface area contributed by atoms with Crippen molar-refractivity contribution in [2.45, 2.75) is 19.9 Å². The number of rotatable bonds is 5. The number of nitrogens with zero attached hydrogens (tertiary/aromatic N) is 1. The highest BCUT2D eigenvalue weighted by molar-refractivity contribution is 7.13. The number of hydrogen-bond donors (Lipinski definition) is 3. The number of nitrogens with one attached hydrogen (secondary N) is 2. The second kappa shape index (κ2) is 5.45. The van der Waals surface area contributed by atoms with Crippen molar-refractivity contribution in [1.29, 1.82) is 0 Å². The van der Waals surface area contributed by atoms with Crippen molar-refractivity contribution in [1.82, 2.24) is 10.3 Å². The molecule has 0 spiro atoms. The summed E-state index contributed by atoms with van der Waals surface area (Å²) in [5.74, 6) is -1.22. The summed E-state index contributed by atoms with van der Waals surface area (Å²) >= 11 is 1.16. The minimum Gasteiger partial charge on any atom is -0.476 e. The number of carbonyl (C=O) groups is 2. The fourth-order valence-corrected chi connectivity index (χ4v) is 1.79. The summed E-state index contributed by atoms with van der Waals surface area (Å²) in [5, 5.41) is 16.0. The molecule has 1 unspecified atom stereocenters. The lowest BCUT2D eigenvalue weighted by molar-refractivity contribution is -0.121. The number of thiazole rings is 1. The first-order chi connectivity index (χ1) is 7.54. The molecule has 1 aromatic rings. The number of hydrogen-bond acceptors (Lipinski definition) is 5. The van der Waals surface area contributed by atoms with E-state index < -0.39 is 12.0 Å². The Morgan fingerprint density at radius 2 is 2.31 bits per heavy atom. The van der Waals surface area contributed by atoms with Crippen LogP contribution in [0.3, 0.4) is 0 Å². The van der Waals surface area contributed by atoms with Crippen molar-refractivity contribution in [3.05, 3.63) is 11.1 Å². The van der Waals surface area contributed by atoms with Crippen molar-refractivity contribution < 1.29 is 14.7 Å². The van der Waals surface area contributed by atoms with E-state index in [0.29, 0.717) is 11.7 Å². The van der Waals surface area contributed by atoms with Crippen molar-refractivity contribution in [2.75, 3.05) is 11.9 Å². The molecule has 7 heteroatoms. The van der Waals surface area contributed by atoms with Crippen LogP contribution >= 0.6 is 11.3 Å². The minimum atomic E-state index is -1.07. The second-order valence-electron chi connectivity index (χ2n) is 3.10. The van der Waals surface area contributed by atoms with E-state index in [9.17, 15) is 9.59 Å². The van der Waals surface area contributed by atoms with Gasteiger partial charge in [0.05, 0.1) is 0 Å². The minimum absolute atomic E-state index is 0.0180. The molecule has 3 N–H and O–H groups in total. The molecule has 0 saturated heterocycles. The molecular formula is C9H13N3O3S. The molecule has 16 heavy (non-hydrogen) atoms. The maximum Gasteiger partial charge on any atom is 0.355 e. The van der Waals surface area contributed by atoms with Gasteiger partial charge < -0.3 is 15.7 Å². The molecule has 1 atom stereocenters. The van der Waals surface area contributed by atoms with Crippen LogP contribution in [0.2, 0.25) is 0 Å². The largest absolute Gasteiger partial charge is 0.476 e. The molecule has 1 amide bonds. The molecule has 0 radical (unpaired) electrons. The van der Waals surface area contributed by atoms with Crippen LogP contribution < -0.4 is 10.6 Å². The Balaban J connectivity index is 2.59. The van der Waals surface area contributed by atoms with Gasteiger partial charge in [0.25, 0.3) is 0 Å². The molecule has 0 aromatic carbocycles. The van der Waals surface area contributed by atoms with Crippen LogP contribution in [0.15, 0.2) is 5.38 Å². The Morgan fingerprint density at radius 1 is 1.62 bits per heavy atom. The average molecular weight is 243 g/mol. The number of anilines is 1. The van der Waals surface area contributed by atoms with Crippen molar-refractivity contribution in [2.24, 2.45) is 0 Å². The lowest BCUT2D eigenvalue weighted by atomic mass is 10.3. The van der Waals surface area contributed by atoms with Gasteiger partial charge in [0.2, 0.25) is 5.91 Å². The number of carboxylic acids is 1. The second-order valence-corrected chi connectivity index (χ2v) is 3.96. The number of carboxylic acid groups (broad SMARTS) is 1. The van der Waals surface area contributed by atoms with Gasteiger partial charge in [-0.2, -0.15) is 0 Å². The van der Waals surface area contributed by atoms with Gasteiger partial charge in [-0.3, -0.25) is 4.79 Å². The van der Waals surface area contributed by atoms with Crippen LogP contribution in [0.5, 0.6) is 0 Å². The standard InChI is InChI=1S/C9H13N3O3S/c1-3-10-7(13)5(2)11-9-12-6(4-16-9)8(14)15/h4-5H,3H2,1-2H3,(H,10,13)(H,11,12)(H,14,15). The van der Waals surface area contributed by atoms with E-state index in [1.54, 1.807) is 6.92 Å². The Hall–Kier alpha value is -1.63. The fourth-order valence-electron chi connectivity index (χ4n) is 1.02. The smallest absolute Gasteiger partial charge is 0.355 e. The van der Waals surface area contributed by atoms with Gasteiger partial charge in [-0.05, 0) is 13.8 Å². The number of aromatic carboxylic acids is 1. The van der Waals surface area contributed by atoms with Crippen LogP contribution in [-0.4, -0.2) is 34.6 Å². The predicted molar refractivity (Wildman–Crippen MR) is 60.8 cm³/mol. The highest BCUT2D eigenvalue weighted by Gasteiger charge is 2.14. The monoisotopic (exact) mass is 243 g/mol. The van der Waals surface area contributed by atoms with E-state index in [-0.39, 0.29) is 11.6 Å². The molecule has 0 aliphatic rings. The molecule has 1 heterocycles. The first kappa shape index (κ1) is 12.4. The topological polar surface area (TPSA) is 91.3 Å². The predicted octanol–water partition coefficient (Wildman–Crippen LogP) is 0.778. The Kier molecular flexibility index (Phi) is 4.24. The quantitative estimate of drug-likeness (QED) is 0.710. The Labute approximate surface area is 96.7 Å². The molecule has 0 bridgehead atoms. The van der Waals surface area contributed by atoms with Gasteiger partial charge in [0, 0.05) is 11.9 Å². The van der Waals surface area contributed by atoms with Crippen molar-refractivity contribution >= 4 is 28.3 Å². The van der Waals surface area contributed by atoms with Crippen molar-refractivity contribution in [3.63, 3.8) is 0 Å². The van der Waals surface area contributed by atoms with Gasteiger partial charge >= 0.3 is 5.97 Å². The van der Waals surface area contributed by atoms with Gasteiger partial charge in [-0.25, -0.2) is 9.78 Å².